The monoisotopic (exact) mass is 4330 g/mol. The second-order valence-corrected chi connectivity index (χ2v) is 439. The molecule has 0 radical (unpaired) electrons. The molecule has 1 saturated heterocycles. The van der Waals surface area contributed by atoms with Crippen LogP contribution in [0, 0.1) is 0 Å². The van der Waals surface area contributed by atoms with E-state index in [1.807, 2.05) is 5.00 Å². The molecule has 0 spiro atoms. The number of halogens is 32. The Morgan fingerprint density at radius 1 is 0.686 bits per heavy atom. The van der Waals surface area contributed by atoms with Crippen molar-refractivity contribution in [2.45, 2.75) is 35.0 Å². The normalized spacial score (nSPS) is 27.3. The molecule has 1 aliphatic rings. The molecular formula is C16H15I32N2S-5. The number of hydrogen-bond donors (Lipinski definition) is 0. The van der Waals surface area contributed by atoms with Gasteiger partial charge in [-0.25, -0.2) is 0 Å². The molecular weight excluding hydrogens is 4310 g/mol. The van der Waals surface area contributed by atoms with Gasteiger partial charge in [0.2, 0.25) is 0 Å². The number of alkyl halides is 7. The number of benzene rings is 1. The Balaban J connectivity index is 2.97. The van der Waals surface area contributed by atoms with Crippen LogP contribution in [0.15, 0.2) is 30.3 Å². The fraction of sp³-hybridized carbons (Fsp3) is 0.500. The second kappa shape index (κ2) is 33.1. The number of rotatable bonds is 17. The zero-order valence-electron chi connectivity index (χ0n) is 23.4. The third kappa shape index (κ3) is 15.2. The maximum atomic E-state index is 3.83. The van der Waals surface area contributed by atoms with E-state index in [2.05, 4.69) is 389 Å². The fourth-order valence-electron chi connectivity index (χ4n) is 4.71. The summed E-state index contributed by atoms with van der Waals surface area (Å²) in [6.45, 7) is 8.65. The number of fused-ring (bicyclic) bond motifs is 1. The van der Waals surface area contributed by atoms with Crippen molar-refractivity contribution in [1.29, 1.82) is 0 Å². The molecule has 3 unspecified atom stereocenters. The maximum absolute atomic E-state index is 3.83. The summed E-state index contributed by atoms with van der Waals surface area (Å²) in [7, 11) is -5.18. The number of hydrogen-bond acceptors (Lipinski definition) is 3. The van der Waals surface area contributed by atoms with Gasteiger partial charge in [0, 0.05) is 0 Å². The van der Waals surface area contributed by atoms with E-state index < -0.39 is 98.8 Å². The molecule has 324 valence electrons. The van der Waals surface area contributed by atoms with Crippen LogP contribution >= 0.6 is 427 Å². The molecule has 2 nitrogen and oxygen atoms in total. The topological polar surface area (TPSA) is 6.48 Å². The minimum atomic E-state index is -1.54. The summed E-state index contributed by atoms with van der Waals surface area (Å²) < 4.78 is 3.48. The van der Waals surface area contributed by atoms with Crippen LogP contribution in [0.1, 0.15) is 20.8 Å². The van der Waals surface area contributed by atoms with Crippen LogP contribution in [-0.2, 0) is 0 Å². The summed E-state index contributed by atoms with van der Waals surface area (Å²) in [6.07, 6.45) is 0. The number of nitrogens with zero attached hydrogens (tertiary/aromatic N) is 2. The van der Waals surface area contributed by atoms with Gasteiger partial charge in [-0.15, -0.1) is 0 Å². The van der Waals surface area contributed by atoms with Crippen LogP contribution in [0.3, 0.4) is 0 Å². The molecule has 0 bridgehead atoms. The zero-order chi connectivity index (χ0) is 39.0. The van der Waals surface area contributed by atoms with E-state index in [4.69, 9.17) is 0 Å². The Bertz CT molecular complexity index is 1380. The zero-order valence-corrected chi connectivity index (χ0v) is 93.2. The van der Waals surface area contributed by atoms with Gasteiger partial charge in [-0.2, -0.15) is 0 Å². The van der Waals surface area contributed by atoms with E-state index >= 15 is 0 Å². The average molecular weight is 4330 g/mol. The molecule has 35 heteroatoms. The van der Waals surface area contributed by atoms with Gasteiger partial charge in [-0.3, -0.25) is 0 Å². The summed E-state index contributed by atoms with van der Waals surface area (Å²) in [5.74, 6) is 0. The standard InChI is InChI=1S/C16H15I32N2S/c1-9(2)49-13(3,41(25)45(30)37-20)15(42(26)47(32)44(28)29,43(27)48(33)46(31)38-21)50(12-8-10-6-4-5-7-11(10)51-12)16(39(22)23,40(24)36-19)14(49,34-17)35-18/h4-9H,1-3H3/q-5. The molecule has 0 saturated carbocycles. The van der Waals surface area contributed by atoms with E-state index in [9.17, 15) is 0 Å². The van der Waals surface area contributed by atoms with Gasteiger partial charge in [0.05, 0.1) is 0 Å². The van der Waals surface area contributed by atoms with E-state index in [0.717, 1.165) is 0 Å². The summed E-state index contributed by atoms with van der Waals surface area (Å²) in [6, 6.07) is 13.2. The molecule has 3 rings (SSSR count). The van der Waals surface area contributed by atoms with Gasteiger partial charge in [0.1, 0.15) is 0 Å². The van der Waals surface area contributed by atoms with Crippen LogP contribution in [0.5, 0.6) is 0 Å². The predicted molar refractivity (Wildman–Crippen MR) is 456 cm³/mol. The molecule has 2 aromatic rings. The van der Waals surface area contributed by atoms with Gasteiger partial charge < -0.3 is 0 Å². The van der Waals surface area contributed by atoms with Gasteiger partial charge in [-0.1, -0.05) is 0 Å². The van der Waals surface area contributed by atoms with Crippen molar-refractivity contribution >= 4 is 442 Å². The molecule has 1 aromatic carbocycles. The van der Waals surface area contributed by atoms with Crippen LogP contribution in [0.2, 0.25) is 0 Å². The molecule has 1 aliphatic heterocycles. The van der Waals surface area contributed by atoms with Crippen molar-refractivity contribution in [3.63, 3.8) is 0 Å². The Morgan fingerprint density at radius 2 is 1.22 bits per heavy atom. The summed E-state index contributed by atoms with van der Waals surface area (Å²) in [5, 5.41) is 3.37. The third-order valence-electron chi connectivity index (χ3n) is 6.18. The minimum absolute atomic E-state index is 0.0389. The first kappa shape index (κ1) is 67.6. The van der Waals surface area contributed by atoms with Crippen molar-refractivity contribution in [3.05, 3.63) is 30.3 Å². The van der Waals surface area contributed by atoms with E-state index in [1.54, 1.807) is 10.1 Å². The van der Waals surface area contributed by atoms with E-state index in [-0.39, 0.29) is 47.7 Å². The van der Waals surface area contributed by atoms with Gasteiger partial charge in [-0.05, 0) is 0 Å². The Hall–Kier alpha value is 22.3. The van der Waals surface area contributed by atoms with Crippen LogP contribution in [-0.4, -0.2) is 19.1 Å². The molecule has 1 aromatic heterocycles. The number of anilines is 1. The van der Waals surface area contributed by atoms with Gasteiger partial charge >= 0.3 is 591 Å². The van der Waals surface area contributed by atoms with Crippen molar-refractivity contribution in [2.75, 3.05) is 4.90 Å². The second-order valence-electron chi connectivity index (χ2n) is 8.60. The van der Waals surface area contributed by atoms with Crippen molar-refractivity contribution < 1.29 is 74.2 Å². The Morgan fingerprint density at radius 3 is 1.65 bits per heavy atom. The Labute approximate surface area is 565 Å². The summed E-state index contributed by atoms with van der Waals surface area (Å²) >= 11 is 50.6. The van der Waals surface area contributed by atoms with Crippen LogP contribution in [0.25, 0.3) is 10.1 Å². The first-order chi connectivity index (χ1) is 23.8. The molecule has 2 heterocycles. The van der Waals surface area contributed by atoms with Crippen LogP contribution < -0.4 is 79.1 Å². The first-order valence-electron chi connectivity index (χ1n) is 11.2. The quantitative estimate of drug-likeness (QED) is 0.0885. The molecule has 0 aliphatic carbocycles. The fourth-order valence-corrected chi connectivity index (χ4v) is 1330. The predicted octanol–water partition coefficient (Wildman–Crippen LogP) is 11.9. The van der Waals surface area contributed by atoms with E-state index in [1.165, 1.54) is 0 Å². The van der Waals surface area contributed by atoms with E-state index in [0.29, 0.717) is 40.8 Å². The SMILES string of the molecule is CC(C)N1C([I-]I)([I-]I)C(I(I)I)(I(I)[I-]I)N(c2cc3ccccc3s2)C(I(I)I(I)I(I)I)(I(I)I(I)I(I)[I-]I)C1(C)I(I)I(I)[I-]I. The third-order valence-corrected chi connectivity index (χ3v) is 988. The molecule has 3 atom stereocenters. The molecule has 0 N–H and O–H groups in total. The van der Waals surface area contributed by atoms with Crippen molar-refractivity contribution in [1.82, 2.24) is 4.90 Å². The number of piperazine rings is 1. The summed E-state index contributed by atoms with van der Waals surface area (Å²) in [4.78, 5) is 7.52. The van der Waals surface area contributed by atoms with Crippen molar-refractivity contribution in [3.8, 4) is 0 Å². The van der Waals surface area contributed by atoms with Crippen molar-refractivity contribution in [2.24, 2.45) is 0 Å². The van der Waals surface area contributed by atoms with Gasteiger partial charge in [0.15, 0.2) is 0 Å². The Kier molecular flexibility index (Phi) is 43.9. The van der Waals surface area contributed by atoms with Crippen LogP contribution in [0.4, 0.5) is 5.00 Å². The average Bonchev–Trinajstić information content (AvgIpc) is 3.54. The summed E-state index contributed by atoms with van der Waals surface area (Å²) in [5.41, 5.74) is 0. The first-order valence-corrected chi connectivity index (χ1v) is 177. The van der Waals surface area contributed by atoms with Gasteiger partial charge in [0.25, 0.3) is 0 Å². The molecule has 0 amide bonds. The molecule has 1 fully saturated rings. The number of thiophene rings is 1. The molecule has 51 heavy (non-hydrogen) atoms.